The number of hydrazone groups is 1. The van der Waals surface area contributed by atoms with E-state index in [0.29, 0.717) is 10.2 Å². The third-order valence-corrected chi connectivity index (χ3v) is 8.39. The van der Waals surface area contributed by atoms with Crippen LogP contribution in [0.25, 0.3) is 22.0 Å². The normalized spacial score (nSPS) is 13.7. The molecular weight excluding hydrogens is 524 g/mol. The first kappa shape index (κ1) is 25.4. The molecule has 0 fully saturated rings. The molecule has 1 aliphatic carbocycles. The Kier molecular flexibility index (Phi) is 7.88. The van der Waals surface area contributed by atoms with Crippen molar-refractivity contribution in [3.8, 4) is 5.69 Å². The zero-order valence-corrected chi connectivity index (χ0v) is 22.6. The van der Waals surface area contributed by atoms with Crippen LogP contribution in [0.4, 0.5) is 0 Å². The number of carbonyl (C=O) groups is 1. The van der Waals surface area contributed by atoms with Gasteiger partial charge in [-0.1, -0.05) is 71.4 Å². The quantitative estimate of drug-likeness (QED) is 0.131. The van der Waals surface area contributed by atoms with Gasteiger partial charge in [0.2, 0.25) is 0 Å². The summed E-state index contributed by atoms with van der Waals surface area (Å²) in [5.41, 5.74) is 6.34. The Labute approximate surface area is 228 Å². The van der Waals surface area contributed by atoms with Gasteiger partial charge < -0.3 is 0 Å². The van der Waals surface area contributed by atoms with Crippen LogP contribution >= 0.6 is 34.7 Å². The molecule has 1 aliphatic rings. The van der Waals surface area contributed by atoms with Gasteiger partial charge in [-0.25, -0.2) is 10.4 Å². The third kappa shape index (κ3) is 5.87. The number of allylic oxidation sites excluding steroid dienone is 1. The Morgan fingerprint density at radius 1 is 1.16 bits per heavy atom. The van der Waals surface area contributed by atoms with Crippen molar-refractivity contribution in [2.75, 3.05) is 5.75 Å². The summed E-state index contributed by atoms with van der Waals surface area (Å²) in [5, 5.41) is 5.55. The first-order chi connectivity index (χ1) is 18.0. The lowest BCUT2D eigenvalue weighted by molar-refractivity contribution is -0.118. The number of benzene rings is 2. The molecule has 0 aliphatic heterocycles. The molecule has 1 amide bonds. The molecular formula is C28H25ClN4O2S2. The van der Waals surface area contributed by atoms with Crippen LogP contribution in [0, 0.1) is 6.92 Å². The minimum Gasteiger partial charge on any atom is -0.272 e. The zero-order chi connectivity index (χ0) is 25.8. The van der Waals surface area contributed by atoms with Gasteiger partial charge in [-0.3, -0.25) is 14.2 Å². The molecule has 0 saturated carbocycles. The fraction of sp³-hybridized carbons (Fsp3) is 0.214. The van der Waals surface area contributed by atoms with Gasteiger partial charge in [0, 0.05) is 4.88 Å². The maximum Gasteiger partial charge on any atom is 0.267 e. The lowest BCUT2D eigenvalue weighted by Crippen LogP contribution is -2.24. The number of thiophene rings is 1. The van der Waals surface area contributed by atoms with Crippen LogP contribution in [-0.2, 0) is 17.6 Å². The van der Waals surface area contributed by atoms with Crippen LogP contribution < -0.4 is 11.0 Å². The molecule has 0 unspecified atom stereocenters. The first-order valence-electron chi connectivity index (χ1n) is 12.0. The number of halogens is 1. The zero-order valence-electron chi connectivity index (χ0n) is 20.2. The minimum absolute atomic E-state index is 0.0479. The van der Waals surface area contributed by atoms with Crippen LogP contribution in [0.3, 0.4) is 0 Å². The lowest BCUT2D eigenvalue weighted by atomic mass is 9.97. The van der Waals surface area contributed by atoms with Gasteiger partial charge in [-0.15, -0.1) is 11.3 Å². The van der Waals surface area contributed by atoms with E-state index in [0.717, 1.165) is 58.3 Å². The second kappa shape index (κ2) is 11.5. The third-order valence-electron chi connectivity index (χ3n) is 6.06. The number of nitrogens with one attached hydrogen (secondary N) is 1. The highest BCUT2D eigenvalue weighted by Gasteiger charge is 2.23. The van der Waals surface area contributed by atoms with E-state index in [1.807, 2.05) is 61.5 Å². The smallest absolute Gasteiger partial charge is 0.267 e. The van der Waals surface area contributed by atoms with Crippen molar-refractivity contribution in [1.82, 2.24) is 15.0 Å². The van der Waals surface area contributed by atoms with E-state index in [9.17, 15) is 9.59 Å². The average molecular weight is 549 g/mol. The molecule has 0 atom stereocenters. The Hall–Kier alpha value is -3.20. The summed E-state index contributed by atoms with van der Waals surface area (Å²) < 4.78 is 1.63. The van der Waals surface area contributed by atoms with E-state index in [1.165, 1.54) is 22.9 Å². The highest BCUT2D eigenvalue weighted by atomic mass is 35.5. The average Bonchev–Trinajstić information content (AvgIpc) is 3.27. The standard InChI is InChI=1S/C28H25ClN4O2S2/c1-18-11-13-21(14-12-18)33-27(35)25-22-9-5-6-10-23(22)37-26(25)31-28(33)36-17-24(34)32-30-16-20(29)15-19-7-3-2-4-8-19/h2-4,7-8,11-16H,5-6,9-10,17H2,1H3,(H,32,34)/b20-15-,30-16+. The molecule has 0 bridgehead atoms. The van der Waals surface area contributed by atoms with Crippen LogP contribution in [0.15, 0.2) is 74.7 Å². The molecule has 2 aromatic carbocycles. The second-order valence-corrected chi connectivity index (χ2v) is 11.2. The lowest BCUT2D eigenvalue weighted by Gasteiger charge is -2.13. The molecule has 1 N–H and O–H groups in total. The van der Waals surface area contributed by atoms with Gasteiger partial charge in [0.25, 0.3) is 11.5 Å². The van der Waals surface area contributed by atoms with Gasteiger partial charge in [0.1, 0.15) is 4.83 Å². The Bertz CT molecular complexity index is 1560. The number of aromatic nitrogens is 2. The summed E-state index contributed by atoms with van der Waals surface area (Å²) in [6.45, 7) is 2.01. The van der Waals surface area contributed by atoms with Crippen LogP contribution in [0.2, 0.25) is 0 Å². The van der Waals surface area contributed by atoms with Gasteiger partial charge >= 0.3 is 0 Å². The SMILES string of the molecule is Cc1ccc(-n2c(SCC(=O)N/N=C/C(Cl)=C/c3ccccc3)nc3sc4c(c3c2=O)CCCC4)cc1. The van der Waals surface area contributed by atoms with E-state index >= 15 is 0 Å². The van der Waals surface area contributed by atoms with Crippen molar-refractivity contribution in [1.29, 1.82) is 0 Å². The van der Waals surface area contributed by atoms with Crippen molar-refractivity contribution in [3.05, 3.63) is 91.6 Å². The summed E-state index contributed by atoms with van der Waals surface area (Å²) in [6.07, 6.45) is 7.27. The van der Waals surface area contributed by atoms with E-state index in [2.05, 4.69) is 10.5 Å². The summed E-state index contributed by atoms with van der Waals surface area (Å²) in [6, 6.07) is 17.4. The largest absolute Gasteiger partial charge is 0.272 e. The fourth-order valence-corrected chi connectivity index (χ4v) is 6.56. The first-order valence-corrected chi connectivity index (χ1v) is 14.2. The molecule has 2 heterocycles. The number of amides is 1. The number of fused-ring (bicyclic) bond motifs is 3. The van der Waals surface area contributed by atoms with E-state index in [1.54, 1.807) is 22.0 Å². The van der Waals surface area contributed by atoms with Crippen molar-refractivity contribution in [3.63, 3.8) is 0 Å². The Morgan fingerprint density at radius 2 is 1.92 bits per heavy atom. The number of nitrogens with zero attached hydrogens (tertiary/aromatic N) is 3. The van der Waals surface area contributed by atoms with Crippen molar-refractivity contribution >= 4 is 63.1 Å². The summed E-state index contributed by atoms with van der Waals surface area (Å²) >= 11 is 9.01. The molecule has 37 heavy (non-hydrogen) atoms. The van der Waals surface area contributed by atoms with Crippen molar-refractivity contribution in [2.24, 2.45) is 5.10 Å². The molecule has 5 rings (SSSR count). The van der Waals surface area contributed by atoms with Crippen LogP contribution in [0.1, 0.15) is 34.4 Å². The highest BCUT2D eigenvalue weighted by molar-refractivity contribution is 7.99. The molecule has 9 heteroatoms. The van der Waals surface area contributed by atoms with Gasteiger partial charge in [0.15, 0.2) is 5.16 Å². The summed E-state index contributed by atoms with van der Waals surface area (Å²) in [7, 11) is 0. The fourth-order valence-electron chi connectivity index (χ4n) is 4.28. The number of carbonyl (C=O) groups excluding carboxylic acids is 1. The van der Waals surface area contributed by atoms with Crippen LogP contribution in [0.5, 0.6) is 0 Å². The maximum absolute atomic E-state index is 13.8. The number of hydrogen-bond donors (Lipinski definition) is 1. The number of hydrogen-bond acceptors (Lipinski definition) is 6. The maximum atomic E-state index is 13.8. The Morgan fingerprint density at radius 3 is 2.70 bits per heavy atom. The second-order valence-electron chi connectivity index (χ2n) is 8.78. The Balaban J connectivity index is 1.38. The monoisotopic (exact) mass is 548 g/mol. The molecule has 188 valence electrons. The number of aryl methyl sites for hydroxylation is 3. The molecule has 6 nitrogen and oxygen atoms in total. The predicted molar refractivity (Wildman–Crippen MR) is 154 cm³/mol. The number of rotatable bonds is 7. The predicted octanol–water partition coefficient (Wildman–Crippen LogP) is 6.11. The molecule has 0 saturated heterocycles. The van der Waals surface area contributed by atoms with Gasteiger partial charge in [0.05, 0.1) is 28.1 Å². The molecule has 2 aromatic heterocycles. The van der Waals surface area contributed by atoms with Crippen molar-refractivity contribution in [2.45, 2.75) is 37.8 Å². The minimum atomic E-state index is -0.319. The van der Waals surface area contributed by atoms with E-state index < -0.39 is 0 Å². The summed E-state index contributed by atoms with van der Waals surface area (Å²) in [4.78, 5) is 33.2. The molecule has 4 aromatic rings. The van der Waals surface area contributed by atoms with Gasteiger partial charge in [-0.05, 0) is 61.9 Å². The number of thioether (sulfide) groups is 1. The molecule has 0 radical (unpaired) electrons. The van der Waals surface area contributed by atoms with E-state index in [4.69, 9.17) is 16.6 Å². The highest BCUT2D eigenvalue weighted by Crippen LogP contribution is 2.35. The van der Waals surface area contributed by atoms with E-state index in [-0.39, 0.29) is 17.2 Å². The molecule has 0 spiro atoms. The summed E-state index contributed by atoms with van der Waals surface area (Å²) in [5.74, 6) is -0.271. The topological polar surface area (TPSA) is 76.3 Å². The van der Waals surface area contributed by atoms with Gasteiger partial charge in [-0.2, -0.15) is 5.10 Å². The van der Waals surface area contributed by atoms with Crippen molar-refractivity contribution < 1.29 is 4.79 Å². The van der Waals surface area contributed by atoms with Crippen LogP contribution in [-0.4, -0.2) is 27.4 Å².